The minimum absolute atomic E-state index is 0.0101. The van der Waals surface area contributed by atoms with E-state index in [9.17, 15) is 17.6 Å². The summed E-state index contributed by atoms with van der Waals surface area (Å²) in [5.41, 5.74) is 0.583. The molecule has 9 heteroatoms. The number of nitrogens with one attached hydrogen (secondary N) is 2. The Hall–Kier alpha value is -3.49. The highest BCUT2D eigenvalue weighted by Gasteiger charge is 2.34. The van der Waals surface area contributed by atoms with Crippen LogP contribution >= 0.6 is 0 Å². The third kappa shape index (κ3) is 3.57. The molecule has 0 amide bonds. The Morgan fingerprint density at radius 2 is 1.63 bits per heavy atom. The number of rotatable bonds is 3. The Morgan fingerprint density at radius 3 is 2.33 bits per heavy atom. The highest BCUT2D eigenvalue weighted by atomic mass is 19.4. The summed E-state index contributed by atoms with van der Waals surface area (Å²) in [6.07, 6.45) is -4.66. The number of aromatic amines is 1. The standard InChI is InChI=1S/C18H11F4N5/c19-11-7-5-10(6-8-11)14-9-15(18(20,21)22)26-17(25-14)27-16-23-12-3-1-2-4-13(12)24-16/h1-9H,(H2,23,24,25,26,27). The van der Waals surface area contributed by atoms with Gasteiger partial charge in [-0.25, -0.2) is 19.3 Å². The lowest BCUT2D eigenvalue weighted by molar-refractivity contribution is -0.141. The number of alkyl halides is 3. The molecule has 2 aromatic heterocycles. The normalized spacial score (nSPS) is 11.7. The molecule has 4 aromatic rings. The van der Waals surface area contributed by atoms with Crippen LogP contribution in [-0.4, -0.2) is 19.9 Å². The first-order chi connectivity index (χ1) is 12.9. The second kappa shape index (κ2) is 6.35. The molecule has 0 aliphatic rings. The van der Waals surface area contributed by atoms with E-state index in [1.807, 2.05) is 0 Å². The van der Waals surface area contributed by atoms with Crippen LogP contribution in [0.2, 0.25) is 0 Å². The maximum absolute atomic E-state index is 13.2. The average Bonchev–Trinajstić information content (AvgIpc) is 3.03. The quantitative estimate of drug-likeness (QED) is 0.500. The fourth-order valence-corrected chi connectivity index (χ4v) is 2.53. The van der Waals surface area contributed by atoms with Gasteiger partial charge in [0.05, 0.1) is 16.7 Å². The topological polar surface area (TPSA) is 66.5 Å². The van der Waals surface area contributed by atoms with Gasteiger partial charge in [0.1, 0.15) is 5.82 Å². The Morgan fingerprint density at radius 1 is 0.889 bits per heavy atom. The van der Waals surface area contributed by atoms with E-state index in [0.717, 1.165) is 18.2 Å². The van der Waals surface area contributed by atoms with Crippen molar-refractivity contribution in [3.8, 4) is 11.3 Å². The van der Waals surface area contributed by atoms with Crippen molar-refractivity contribution in [2.45, 2.75) is 6.18 Å². The molecule has 0 spiro atoms. The van der Waals surface area contributed by atoms with Crippen LogP contribution in [0.4, 0.5) is 29.5 Å². The Labute approximate surface area is 150 Å². The largest absolute Gasteiger partial charge is 0.433 e. The molecule has 0 saturated heterocycles. The van der Waals surface area contributed by atoms with E-state index in [1.165, 1.54) is 12.1 Å². The van der Waals surface area contributed by atoms with Gasteiger partial charge >= 0.3 is 6.18 Å². The molecule has 136 valence electrons. The number of benzene rings is 2. The van der Waals surface area contributed by atoms with Gasteiger partial charge in [0.2, 0.25) is 11.9 Å². The molecule has 0 atom stereocenters. The molecule has 0 aliphatic carbocycles. The molecule has 2 N–H and O–H groups in total. The van der Waals surface area contributed by atoms with Gasteiger partial charge in [-0.1, -0.05) is 12.1 Å². The average molecular weight is 373 g/mol. The van der Waals surface area contributed by atoms with Gasteiger partial charge in [-0.05, 0) is 42.5 Å². The van der Waals surface area contributed by atoms with Crippen molar-refractivity contribution in [3.05, 3.63) is 66.1 Å². The van der Waals surface area contributed by atoms with Crippen LogP contribution in [0.5, 0.6) is 0 Å². The Bertz CT molecular complexity index is 1070. The molecular formula is C18H11F4N5. The third-order valence-electron chi connectivity index (χ3n) is 3.78. The molecule has 2 heterocycles. The summed E-state index contributed by atoms with van der Waals surface area (Å²) in [5, 5.41) is 2.66. The number of halogens is 4. The first-order valence-electron chi connectivity index (χ1n) is 7.82. The third-order valence-corrected chi connectivity index (χ3v) is 3.78. The number of fused-ring (bicyclic) bond motifs is 1. The first-order valence-corrected chi connectivity index (χ1v) is 7.82. The maximum atomic E-state index is 13.2. The number of nitrogens with zero attached hydrogens (tertiary/aromatic N) is 3. The number of imidazole rings is 1. The molecule has 0 aliphatic heterocycles. The maximum Gasteiger partial charge on any atom is 0.433 e. The lowest BCUT2D eigenvalue weighted by atomic mass is 10.1. The van der Waals surface area contributed by atoms with Crippen LogP contribution in [0, 0.1) is 5.82 Å². The van der Waals surface area contributed by atoms with Gasteiger partial charge in [0.15, 0.2) is 5.69 Å². The van der Waals surface area contributed by atoms with E-state index in [0.29, 0.717) is 16.6 Å². The molecular weight excluding hydrogens is 362 g/mol. The highest BCUT2D eigenvalue weighted by Crippen LogP contribution is 2.31. The number of aromatic nitrogens is 4. The number of para-hydroxylation sites is 2. The van der Waals surface area contributed by atoms with Gasteiger partial charge in [-0.2, -0.15) is 13.2 Å². The van der Waals surface area contributed by atoms with Crippen molar-refractivity contribution in [3.63, 3.8) is 0 Å². The molecule has 0 fully saturated rings. The molecule has 5 nitrogen and oxygen atoms in total. The van der Waals surface area contributed by atoms with E-state index in [4.69, 9.17) is 0 Å². The Balaban J connectivity index is 1.76. The minimum Gasteiger partial charge on any atom is -0.324 e. The zero-order valence-electron chi connectivity index (χ0n) is 13.5. The predicted molar refractivity (Wildman–Crippen MR) is 91.8 cm³/mol. The summed E-state index contributed by atoms with van der Waals surface area (Å²) < 4.78 is 52.8. The van der Waals surface area contributed by atoms with Gasteiger partial charge < -0.3 is 4.98 Å². The van der Waals surface area contributed by atoms with Gasteiger partial charge in [0, 0.05) is 5.56 Å². The van der Waals surface area contributed by atoms with Crippen LogP contribution < -0.4 is 5.32 Å². The van der Waals surface area contributed by atoms with Crippen molar-refractivity contribution in [2.75, 3.05) is 5.32 Å². The second-order valence-corrected chi connectivity index (χ2v) is 5.69. The fraction of sp³-hybridized carbons (Fsp3) is 0.0556. The van der Waals surface area contributed by atoms with E-state index in [2.05, 4.69) is 25.3 Å². The molecule has 27 heavy (non-hydrogen) atoms. The van der Waals surface area contributed by atoms with Crippen molar-refractivity contribution < 1.29 is 17.6 Å². The molecule has 0 saturated carbocycles. The summed E-state index contributed by atoms with van der Waals surface area (Å²) in [6, 6.07) is 13.0. The van der Waals surface area contributed by atoms with Crippen molar-refractivity contribution in [1.29, 1.82) is 0 Å². The van der Waals surface area contributed by atoms with E-state index >= 15 is 0 Å². The van der Waals surface area contributed by atoms with Gasteiger partial charge in [-0.3, -0.25) is 5.32 Å². The van der Waals surface area contributed by atoms with E-state index < -0.39 is 17.7 Å². The van der Waals surface area contributed by atoms with Crippen LogP contribution in [0.25, 0.3) is 22.3 Å². The van der Waals surface area contributed by atoms with Crippen LogP contribution in [0.15, 0.2) is 54.6 Å². The summed E-state index contributed by atoms with van der Waals surface area (Å²) in [7, 11) is 0. The lowest BCUT2D eigenvalue weighted by Gasteiger charge is -2.11. The highest BCUT2D eigenvalue weighted by molar-refractivity contribution is 5.78. The smallest absolute Gasteiger partial charge is 0.324 e. The molecule has 0 unspecified atom stereocenters. The molecule has 0 radical (unpaired) electrons. The predicted octanol–water partition coefficient (Wildman–Crippen LogP) is 4.92. The molecule has 4 rings (SSSR count). The molecule has 2 aromatic carbocycles. The van der Waals surface area contributed by atoms with E-state index in [1.54, 1.807) is 24.3 Å². The minimum atomic E-state index is -4.66. The zero-order chi connectivity index (χ0) is 19.0. The lowest BCUT2D eigenvalue weighted by Crippen LogP contribution is -2.11. The van der Waals surface area contributed by atoms with Crippen molar-refractivity contribution in [2.24, 2.45) is 0 Å². The van der Waals surface area contributed by atoms with Crippen LogP contribution in [0.1, 0.15) is 5.69 Å². The number of hydrogen-bond donors (Lipinski definition) is 2. The Kier molecular flexibility index (Phi) is 3.98. The molecule has 0 bridgehead atoms. The first kappa shape index (κ1) is 17.0. The van der Waals surface area contributed by atoms with Gasteiger partial charge in [0.25, 0.3) is 0 Å². The van der Waals surface area contributed by atoms with Crippen molar-refractivity contribution in [1.82, 2.24) is 19.9 Å². The summed E-state index contributed by atoms with van der Waals surface area (Å²) >= 11 is 0. The van der Waals surface area contributed by atoms with Gasteiger partial charge in [-0.15, -0.1) is 0 Å². The van der Waals surface area contributed by atoms with Crippen LogP contribution in [0.3, 0.4) is 0 Å². The van der Waals surface area contributed by atoms with E-state index in [-0.39, 0.29) is 17.6 Å². The second-order valence-electron chi connectivity index (χ2n) is 5.69. The number of H-pyrrole nitrogens is 1. The summed E-state index contributed by atoms with van der Waals surface area (Å²) in [5.74, 6) is -0.562. The summed E-state index contributed by atoms with van der Waals surface area (Å²) in [6.45, 7) is 0. The SMILES string of the molecule is Fc1ccc(-c2cc(C(F)(F)F)nc(Nc3nc4ccccc4[nH]3)n2)cc1. The number of hydrogen-bond acceptors (Lipinski definition) is 4. The monoisotopic (exact) mass is 373 g/mol. The van der Waals surface area contributed by atoms with Crippen LogP contribution in [-0.2, 0) is 6.18 Å². The fourth-order valence-electron chi connectivity index (χ4n) is 2.53. The summed E-state index contributed by atoms with van der Waals surface area (Å²) in [4.78, 5) is 14.8. The number of anilines is 2. The van der Waals surface area contributed by atoms with Crippen molar-refractivity contribution >= 4 is 22.9 Å². The zero-order valence-corrected chi connectivity index (χ0v) is 13.5.